The standard InChI is InChI=1S/C16H18N4OS3/c1-10-18-19-16(22)20(10)8-7-17-15(21)14-12(9-23-2)11-5-3-4-6-13(11)24-14/h3-6H,7-9H2,1-2H3,(H,17,21)(H,19,22). The van der Waals surface area contributed by atoms with Gasteiger partial charge in [-0.3, -0.25) is 9.89 Å². The van der Waals surface area contributed by atoms with Gasteiger partial charge in [0.25, 0.3) is 5.91 Å². The van der Waals surface area contributed by atoms with Gasteiger partial charge in [-0.1, -0.05) is 18.2 Å². The van der Waals surface area contributed by atoms with Gasteiger partial charge in [-0.2, -0.15) is 16.9 Å². The van der Waals surface area contributed by atoms with Crippen molar-refractivity contribution in [2.24, 2.45) is 0 Å². The van der Waals surface area contributed by atoms with Gasteiger partial charge in [0.1, 0.15) is 5.82 Å². The first kappa shape index (κ1) is 17.2. The maximum absolute atomic E-state index is 12.6. The summed E-state index contributed by atoms with van der Waals surface area (Å²) in [5.74, 6) is 1.63. The second kappa shape index (κ2) is 7.50. The highest BCUT2D eigenvalue weighted by molar-refractivity contribution is 7.97. The van der Waals surface area contributed by atoms with Gasteiger partial charge < -0.3 is 9.88 Å². The molecule has 3 rings (SSSR count). The normalized spacial score (nSPS) is 11.1. The van der Waals surface area contributed by atoms with Crippen molar-refractivity contribution in [1.82, 2.24) is 20.1 Å². The van der Waals surface area contributed by atoms with Gasteiger partial charge in [-0.25, -0.2) is 0 Å². The fourth-order valence-electron chi connectivity index (χ4n) is 2.59. The first-order valence-corrected chi connectivity index (χ1v) is 10.1. The molecule has 5 nitrogen and oxygen atoms in total. The molecule has 2 aromatic heterocycles. The molecule has 2 heterocycles. The van der Waals surface area contributed by atoms with Gasteiger partial charge in [0.2, 0.25) is 0 Å². The second-order valence-corrected chi connectivity index (χ2v) is 7.63. The van der Waals surface area contributed by atoms with Crippen molar-refractivity contribution in [3.63, 3.8) is 0 Å². The first-order chi connectivity index (χ1) is 11.6. The van der Waals surface area contributed by atoms with Crippen molar-refractivity contribution in [2.45, 2.75) is 19.2 Å². The molecule has 3 aromatic rings. The van der Waals surface area contributed by atoms with E-state index < -0.39 is 0 Å². The van der Waals surface area contributed by atoms with E-state index in [4.69, 9.17) is 12.2 Å². The molecular weight excluding hydrogens is 360 g/mol. The van der Waals surface area contributed by atoms with E-state index >= 15 is 0 Å². The van der Waals surface area contributed by atoms with Crippen LogP contribution in [0.15, 0.2) is 24.3 Å². The fraction of sp³-hybridized carbons (Fsp3) is 0.312. The highest BCUT2D eigenvalue weighted by Crippen LogP contribution is 2.33. The zero-order valence-corrected chi connectivity index (χ0v) is 15.9. The molecular formula is C16H18N4OS3. The number of aromatic amines is 1. The van der Waals surface area contributed by atoms with Crippen molar-refractivity contribution in [1.29, 1.82) is 0 Å². The topological polar surface area (TPSA) is 62.7 Å². The van der Waals surface area contributed by atoms with Gasteiger partial charge in [-0.15, -0.1) is 11.3 Å². The largest absolute Gasteiger partial charge is 0.350 e. The molecule has 0 aliphatic carbocycles. The molecule has 1 amide bonds. The second-order valence-electron chi connectivity index (χ2n) is 5.32. The minimum atomic E-state index is -0.0204. The van der Waals surface area contributed by atoms with Gasteiger partial charge in [-0.05, 0) is 42.4 Å². The Balaban J connectivity index is 1.76. The van der Waals surface area contributed by atoms with Crippen LogP contribution in [0.1, 0.15) is 21.1 Å². The average molecular weight is 379 g/mol. The quantitative estimate of drug-likeness (QED) is 0.641. The highest BCUT2D eigenvalue weighted by Gasteiger charge is 2.17. The van der Waals surface area contributed by atoms with E-state index in [1.807, 2.05) is 23.6 Å². The van der Waals surface area contributed by atoms with Gasteiger partial charge in [0.05, 0.1) is 4.88 Å². The Hall–Kier alpha value is -1.64. The minimum absolute atomic E-state index is 0.0204. The van der Waals surface area contributed by atoms with E-state index in [-0.39, 0.29) is 5.91 Å². The molecule has 0 atom stereocenters. The van der Waals surface area contributed by atoms with Crippen molar-refractivity contribution in [3.8, 4) is 0 Å². The van der Waals surface area contributed by atoms with Crippen LogP contribution in [0, 0.1) is 11.7 Å². The zero-order chi connectivity index (χ0) is 17.1. The molecule has 126 valence electrons. The third-order valence-corrected chi connectivity index (χ3v) is 5.86. The zero-order valence-electron chi connectivity index (χ0n) is 13.5. The summed E-state index contributed by atoms with van der Waals surface area (Å²) in [6, 6.07) is 8.17. The molecule has 0 spiro atoms. The number of aryl methyl sites for hydroxylation is 1. The summed E-state index contributed by atoms with van der Waals surface area (Å²) in [4.78, 5) is 13.4. The molecule has 24 heavy (non-hydrogen) atoms. The van der Waals surface area contributed by atoms with Crippen molar-refractivity contribution in [2.75, 3.05) is 12.8 Å². The summed E-state index contributed by atoms with van der Waals surface area (Å²) in [5.41, 5.74) is 1.12. The summed E-state index contributed by atoms with van der Waals surface area (Å²) >= 11 is 8.46. The van der Waals surface area contributed by atoms with E-state index in [1.54, 1.807) is 23.1 Å². The van der Waals surface area contributed by atoms with E-state index in [2.05, 4.69) is 33.9 Å². The highest BCUT2D eigenvalue weighted by atomic mass is 32.2. The number of nitrogens with one attached hydrogen (secondary N) is 2. The van der Waals surface area contributed by atoms with Crippen LogP contribution in [0.3, 0.4) is 0 Å². The third kappa shape index (κ3) is 3.40. The van der Waals surface area contributed by atoms with Crippen LogP contribution < -0.4 is 5.32 Å². The van der Waals surface area contributed by atoms with Crippen LogP contribution in [-0.4, -0.2) is 33.5 Å². The smallest absolute Gasteiger partial charge is 0.261 e. The molecule has 0 bridgehead atoms. The minimum Gasteiger partial charge on any atom is -0.350 e. The monoisotopic (exact) mass is 378 g/mol. The van der Waals surface area contributed by atoms with Crippen LogP contribution in [0.25, 0.3) is 10.1 Å². The lowest BCUT2D eigenvalue weighted by atomic mass is 10.1. The number of rotatable bonds is 6. The summed E-state index contributed by atoms with van der Waals surface area (Å²) in [7, 11) is 0. The molecule has 0 saturated heterocycles. The number of fused-ring (bicyclic) bond motifs is 1. The number of thiophene rings is 1. The molecule has 0 radical (unpaired) electrons. The number of thioether (sulfide) groups is 1. The van der Waals surface area contributed by atoms with Crippen LogP contribution in [-0.2, 0) is 12.3 Å². The van der Waals surface area contributed by atoms with E-state index in [0.717, 1.165) is 26.7 Å². The van der Waals surface area contributed by atoms with Gasteiger partial charge in [0.15, 0.2) is 4.77 Å². The van der Waals surface area contributed by atoms with Crippen LogP contribution in [0.4, 0.5) is 0 Å². The average Bonchev–Trinajstić information content (AvgIpc) is 3.10. The molecule has 2 N–H and O–H groups in total. The lowest BCUT2D eigenvalue weighted by Crippen LogP contribution is -2.27. The molecule has 1 aromatic carbocycles. The number of nitrogens with zero attached hydrogens (tertiary/aromatic N) is 2. The summed E-state index contributed by atoms with van der Waals surface area (Å²) in [6.45, 7) is 3.01. The van der Waals surface area contributed by atoms with E-state index in [1.165, 1.54) is 5.39 Å². The predicted molar refractivity (Wildman–Crippen MR) is 104 cm³/mol. The van der Waals surface area contributed by atoms with Gasteiger partial charge in [0, 0.05) is 23.5 Å². The first-order valence-electron chi connectivity index (χ1n) is 7.51. The number of benzene rings is 1. The third-order valence-electron chi connectivity index (χ3n) is 3.76. The molecule has 8 heteroatoms. The Labute approximate surface area is 153 Å². The number of carbonyl (C=O) groups excluding carboxylic acids is 1. The van der Waals surface area contributed by atoms with E-state index in [0.29, 0.717) is 17.9 Å². The number of carbonyl (C=O) groups is 1. The van der Waals surface area contributed by atoms with E-state index in [9.17, 15) is 4.79 Å². The lowest BCUT2D eigenvalue weighted by molar-refractivity contribution is 0.0955. The Bertz CT molecular complexity index is 925. The summed E-state index contributed by atoms with van der Waals surface area (Å²) in [5, 5.41) is 11.0. The Morgan fingerprint density at radius 1 is 1.46 bits per heavy atom. The van der Waals surface area contributed by atoms with Gasteiger partial charge >= 0.3 is 0 Å². The van der Waals surface area contributed by atoms with Crippen LogP contribution >= 0.6 is 35.3 Å². The molecule has 0 aliphatic rings. The maximum Gasteiger partial charge on any atom is 0.261 e. The molecule has 0 saturated carbocycles. The maximum atomic E-state index is 12.6. The Morgan fingerprint density at radius 2 is 2.25 bits per heavy atom. The number of H-pyrrole nitrogens is 1. The molecule has 0 aliphatic heterocycles. The SMILES string of the molecule is CSCc1c(C(=O)NCCn2c(C)n[nH]c2=S)sc2ccccc12. The van der Waals surface area contributed by atoms with Crippen molar-refractivity contribution in [3.05, 3.63) is 45.3 Å². The Kier molecular flexibility index (Phi) is 5.37. The summed E-state index contributed by atoms with van der Waals surface area (Å²) < 4.78 is 3.61. The number of amides is 1. The van der Waals surface area contributed by atoms with Crippen LogP contribution in [0.2, 0.25) is 0 Å². The predicted octanol–water partition coefficient (Wildman–Crippen LogP) is 3.76. The summed E-state index contributed by atoms with van der Waals surface area (Å²) in [6.07, 6.45) is 2.05. The lowest BCUT2D eigenvalue weighted by Gasteiger charge is -2.07. The number of hydrogen-bond donors (Lipinski definition) is 2. The fourth-order valence-corrected chi connectivity index (χ4v) is 4.68. The molecule has 0 unspecified atom stereocenters. The van der Waals surface area contributed by atoms with Crippen molar-refractivity contribution < 1.29 is 4.79 Å². The number of aromatic nitrogens is 3. The number of hydrogen-bond acceptors (Lipinski definition) is 5. The molecule has 0 fully saturated rings. The van der Waals surface area contributed by atoms with Crippen molar-refractivity contribution >= 4 is 51.3 Å². The van der Waals surface area contributed by atoms with Crippen LogP contribution in [0.5, 0.6) is 0 Å². The Morgan fingerprint density at radius 3 is 2.96 bits per heavy atom.